The van der Waals surface area contributed by atoms with Gasteiger partial charge >= 0.3 is 0 Å². The monoisotopic (exact) mass is 191 g/mol. The van der Waals surface area contributed by atoms with Gasteiger partial charge in [0.25, 0.3) is 0 Å². The van der Waals surface area contributed by atoms with Crippen LogP contribution in [-0.2, 0) is 5.60 Å². The molecule has 0 bridgehead atoms. The van der Waals surface area contributed by atoms with Gasteiger partial charge in [-0.2, -0.15) is 0 Å². The molecule has 0 aliphatic heterocycles. The summed E-state index contributed by atoms with van der Waals surface area (Å²) in [6.07, 6.45) is 3.92. The van der Waals surface area contributed by atoms with Crippen molar-refractivity contribution in [1.82, 2.24) is 0 Å². The van der Waals surface area contributed by atoms with Gasteiger partial charge in [-0.1, -0.05) is 43.2 Å². The summed E-state index contributed by atoms with van der Waals surface area (Å²) < 4.78 is 0. The van der Waals surface area contributed by atoms with Crippen LogP contribution in [0.1, 0.15) is 31.2 Å². The number of hydrogen-bond acceptors (Lipinski definition) is 2. The average molecular weight is 191 g/mol. The lowest BCUT2D eigenvalue weighted by atomic mass is 9.76. The normalized spacial score (nSPS) is 32.9. The topological polar surface area (TPSA) is 46.2 Å². The van der Waals surface area contributed by atoms with Crippen molar-refractivity contribution < 1.29 is 5.11 Å². The predicted octanol–water partition coefficient (Wildman–Crippen LogP) is 1.78. The smallest absolute Gasteiger partial charge is 0.105 e. The molecule has 2 rings (SSSR count). The van der Waals surface area contributed by atoms with Crippen LogP contribution in [0.15, 0.2) is 30.3 Å². The van der Waals surface area contributed by atoms with Crippen LogP contribution in [0.5, 0.6) is 0 Å². The van der Waals surface area contributed by atoms with Gasteiger partial charge in [0, 0.05) is 6.04 Å². The van der Waals surface area contributed by atoms with Crippen LogP contribution in [0.25, 0.3) is 0 Å². The molecule has 1 aromatic carbocycles. The molecule has 76 valence electrons. The fourth-order valence-electron chi connectivity index (χ4n) is 2.27. The lowest BCUT2D eigenvalue weighted by molar-refractivity contribution is -0.0193. The molecule has 0 radical (unpaired) electrons. The van der Waals surface area contributed by atoms with Crippen LogP contribution in [-0.4, -0.2) is 11.1 Å². The summed E-state index contributed by atoms with van der Waals surface area (Å²) >= 11 is 0. The molecule has 2 nitrogen and oxygen atoms in total. The van der Waals surface area contributed by atoms with Crippen LogP contribution in [0.4, 0.5) is 0 Å². The van der Waals surface area contributed by atoms with Crippen LogP contribution in [0.3, 0.4) is 0 Å². The zero-order valence-electron chi connectivity index (χ0n) is 8.32. The number of rotatable bonds is 1. The van der Waals surface area contributed by atoms with Gasteiger partial charge in [-0.15, -0.1) is 0 Å². The Balaban J connectivity index is 2.30. The minimum absolute atomic E-state index is 0.112. The van der Waals surface area contributed by atoms with E-state index in [-0.39, 0.29) is 6.04 Å². The molecule has 0 heterocycles. The Hall–Kier alpha value is -0.860. The molecule has 0 aromatic heterocycles. The fraction of sp³-hybridized carbons (Fsp3) is 0.500. The second kappa shape index (κ2) is 3.71. The fourth-order valence-corrected chi connectivity index (χ4v) is 2.27. The molecule has 2 atom stereocenters. The molecular weight excluding hydrogens is 174 g/mol. The van der Waals surface area contributed by atoms with Crippen LogP contribution < -0.4 is 5.73 Å². The third-order valence-corrected chi connectivity index (χ3v) is 3.21. The third kappa shape index (κ3) is 1.56. The van der Waals surface area contributed by atoms with Crippen molar-refractivity contribution in [2.45, 2.75) is 37.3 Å². The molecule has 1 saturated carbocycles. The summed E-state index contributed by atoms with van der Waals surface area (Å²) in [4.78, 5) is 0. The van der Waals surface area contributed by atoms with Gasteiger partial charge in [0.05, 0.1) is 0 Å². The van der Waals surface area contributed by atoms with Gasteiger partial charge in [-0.3, -0.25) is 0 Å². The van der Waals surface area contributed by atoms with Gasteiger partial charge in [-0.05, 0) is 18.4 Å². The zero-order valence-corrected chi connectivity index (χ0v) is 8.32. The molecule has 0 amide bonds. The van der Waals surface area contributed by atoms with E-state index in [2.05, 4.69) is 0 Å². The predicted molar refractivity (Wildman–Crippen MR) is 56.8 cm³/mol. The lowest BCUT2D eigenvalue weighted by Gasteiger charge is -2.38. The van der Waals surface area contributed by atoms with Crippen molar-refractivity contribution >= 4 is 0 Å². The SMILES string of the molecule is N[C@@H]1CCCC[C@@]1(O)c1ccccc1. The maximum absolute atomic E-state index is 10.5. The Labute approximate surface area is 84.7 Å². The Morgan fingerprint density at radius 1 is 1.21 bits per heavy atom. The number of hydrogen-bond donors (Lipinski definition) is 2. The van der Waals surface area contributed by atoms with Gasteiger partial charge in [0.1, 0.15) is 5.60 Å². The van der Waals surface area contributed by atoms with Gasteiger partial charge < -0.3 is 10.8 Å². The highest BCUT2D eigenvalue weighted by atomic mass is 16.3. The second-order valence-electron chi connectivity index (χ2n) is 4.14. The Morgan fingerprint density at radius 3 is 2.57 bits per heavy atom. The molecular formula is C12H17NO. The van der Waals surface area contributed by atoms with E-state index in [4.69, 9.17) is 5.73 Å². The first-order chi connectivity index (χ1) is 6.73. The van der Waals surface area contributed by atoms with E-state index >= 15 is 0 Å². The molecule has 1 fully saturated rings. The van der Waals surface area contributed by atoms with Crippen molar-refractivity contribution in [3.63, 3.8) is 0 Å². The van der Waals surface area contributed by atoms with E-state index in [1.165, 1.54) is 0 Å². The van der Waals surface area contributed by atoms with Crippen molar-refractivity contribution in [2.24, 2.45) is 5.73 Å². The van der Waals surface area contributed by atoms with E-state index in [0.29, 0.717) is 0 Å². The van der Waals surface area contributed by atoms with Crippen molar-refractivity contribution in [3.8, 4) is 0 Å². The molecule has 0 spiro atoms. The van der Waals surface area contributed by atoms with Gasteiger partial charge in [0.2, 0.25) is 0 Å². The number of benzene rings is 1. The molecule has 1 aliphatic rings. The molecule has 2 heteroatoms. The minimum Gasteiger partial charge on any atom is -0.384 e. The van der Waals surface area contributed by atoms with Crippen molar-refractivity contribution in [1.29, 1.82) is 0 Å². The van der Waals surface area contributed by atoms with E-state index in [9.17, 15) is 5.11 Å². The van der Waals surface area contributed by atoms with E-state index < -0.39 is 5.60 Å². The number of nitrogens with two attached hydrogens (primary N) is 1. The summed E-state index contributed by atoms with van der Waals surface area (Å²) in [5.74, 6) is 0. The molecule has 1 aromatic rings. The first-order valence-corrected chi connectivity index (χ1v) is 5.27. The third-order valence-electron chi connectivity index (χ3n) is 3.21. The van der Waals surface area contributed by atoms with Crippen LogP contribution in [0, 0.1) is 0 Å². The summed E-state index contributed by atoms with van der Waals surface area (Å²) in [6, 6.07) is 9.68. The lowest BCUT2D eigenvalue weighted by Crippen LogP contribution is -2.47. The van der Waals surface area contributed by atoms with E-state index in [0.717, 1.165) is 31.2 Å². The molecule has 1 aliphatic carbocycles. The maximum Gasteiger partial charge on any atom is 0.105 e. The zero-order chi connectivity index (χ0) is 10.0. The minimum atomic E-state index is -0.792. The molecule has 14 heavy (non-hydrogen) atoms. The van der Waals surface area contributed by atoms with Crippen LogP contribution in [0.2, 0.25) is 0 Å². The van der Waals surface area contributed by atoms with E-state index in [1.54, 1.807) is 0 Å². The maximum atomic E-state index is 10.5. The standard InChI is InChI=1S/C12H17NO/c13-11-8-4-5-9-12(11,14)10-6-2-1-3-7-10/h1-3,6-7,11,14H,4-5,8-9,13H2/t11-,12-/m1/s1. The Bertz CT molecular complexity index is 298. The first kappa shape index (κ1) is 9.69. The highest BCUT2D eigenvalue weighted by Crippen LogP contribution is 2.35. The van der Waals surface area contributed by atoms with Crippen LogP contribution >= 0.6 is 0 Å². The summed E-state index contributed by atoms with van der Waals surface area (Å²) in [6.45, 7) is 0. The molecule has 3 N–H and O–H groups in total. The summed E-state index contributed by atoms with van der Waals surface area (Å²) in [5, 5.41) is 10.5. The van der Waals surface area contributed by atoms with Crippen molar-refractivity contribution in [3.05, 3.63) is 35.9 Å². The van der Waals surface area contributed by atoms with E-state index in [1.807, 2.05) is 30.3 Å². The summed E-state index contributed by atoms with van der Waals surface area (Å²) in [7, 11) is 0. The van der Waals surface area contributed by atoms with Gasteiger partial charge in [0.15, 0.2) is 0 Å². The largest absolute Gasteiger partial charge is 0.384 e. The quantitative estimate of drug-likeness (QED) is 0.710. The summed E-state index contributed by atoms with van der Waals surface area (Å²) in [5.41, 5.74) is 6.17. The molecule has 0 saturated heterocycles. The first-order valence-electron chi connectivity index (χ1n) is 5.27. The highest BCUT2D eigenvalue weighted by molar-refractivity contribution is 5.24. The highest BCUT2D eigenvalue weighted by Gasteiger charge is 2.37. The van der Waals surface area contributed by atoms with Crippen molar-refractivity contribution in [2.75, 3.05) is 0 Å². The molecule has 0 unspecified atom stereocenters. The van der Waals surface area contributed by atoms with Gasteiger partial charge in [-0.25, -0.2) is 0 Å². The Kier molecular flexibility index (Phi) is 2.57. The number of aliphatic hydroxyl groups is 1. The Morgan fingerprint density at radius 2 is 1.93 bits per heavy atom. The second-order valence-corrected chi connectivity index (χ2v) is 4.14. The average Bonchev–Trinajstić information content (AvgIpc) is 2.24.